The number of hydrogen-bond donors (Lipinski definition) is 0. The number of benzene rings is 1. The van der Waals surface area contributed by atoms with Crippen LogP contribution in [0.4, 0.5) is 0 Å². The fourth-order valence-corrected chi connectivity index (χ4v) is 2.09. The van der Waals surface area contributed by atoms with Crippen molar-refractivity contribution in [1.29, 1.82) is 0 Å². The van der Waals surface area contributed by atoms with Crippen LogP contribution in [0.3, 0.4) is 0 Å². The van der Waals surface area contributed by atoms with Crippen LogP contribution in [0.15, 0.2) is 36.5 Å². The van der Waals surface area contributed by atoms with E-state index >= 15 is 0 Å². The van der Waals surface area contributed by atoms with Gasteiger partial charge in [0.2, 0.25) is 0 Å². The maximum absolute atomic E-state index is 4.66. The minimum absolute atomic E-state index is 0.550. The molecule has 2 nitrogen and oxygen atoms in total. The van der Waals surface area contributed by atoms with Crippen molar-refractivity contribution in [3.05, 3.63) is 53.3 Å². The molecule has 1 aromatic carbocycles. The van der Waals surface area contributed by atoms with Gasteiger partial charge in [-0.3, -0.25) is 4.68 Å². The van der Waals surface area contributed by atoms with Crippen molar-refractivity contribution >= 4 is 0 Å². The molecule has 2 heteroatoms. The first-order valence-electron chi connectivity index (χ1n) is 6.30. The fraction of sp³-hybridized carbons (Fsp3) is 0.400. The maximum atomic E-state index is 4.66. The molecule has 0 spiro atoms. The second-order valence-corrected chi connectivity index (χ2v) is 4.72. The van der Waals surface area contributed by atoms with Crippen molar-refractivity contribution < 1.29 is 0 Å². The van der Waals surface area contributed by atoms with Gasteiger partial charge in [0.1, 0.15) is 0 Å². The molecule has 2 rings (SSSR count). The molecule has 0 saturated carbocycles. The topological polar surface area (TPSA) is 17.8 Å². The molecule has 1 heterocycles. The van der Waals surface area contributed by atoms with Gasteiger partial charge < -0.3 is 0 Å². The lowest BCUT2D eigenvalue weighted by atomic mass is 10.0. The van der Waals surface area contributed by atoms with Crippen LogP contribution in [0.5, 0.6) is 0 Å². The van der Waals surface area contributed by atoms with E-state index in [0.29, 0.717) is 5.92 Å². The number of aryl methyl sites for hydroxylation is 1. The molecule has 0 bridgehead atoms. The SMILES string of the molecule is CCc1nn(Cc2ccccc2)cc1C(C)C. The van der Waals surface area contributed by atoms with Crippen molar-refractivity contribution in [1.82, 2.24) is 9.78 Å². The third kappa shape index (κ3) is 2.76. The van der Waals surface area contributed by atoms with Crippen LogP contribution in [0.2, 0.25) is 0 Å². The monoisotopic (exact) mass is 228 g/mol. The highest BCUT2D eigenvalue weighted by Gasteiger charge is 2.10. The van der Waals surface area contributed by atoms with Crippen LogP contribution in [-0.4, -0.2) is 9.78 Å². The molecule has 0 atom stereocenters. The Morgan fingerprint density at radius 3 is 2.41 bits per heavy atom. The third-order valence-corrected chi connectivity index (χ3v) is 3.01. The van der Waals surface area contributed by atoms with Gasteiger partial charge in [0, 0.05) is 6.20 Å². The predicted molar refractivity (Wildman–Crippen MR) is 71.2 cm³/mol. The van der Waals surface area contributed by atoms with E-state index in [1.54, 1.807) is 0 Å². The van der Waals surface area contributed by atoms with Crippen LogP contribution in [0, 0.1) is 0 Å². The first-order chi connectivity index (χ1) is 8.20. The van der Waals surface area contributed by atoms with Crippen molar-refractivity contribution in [3.63, 3.8) is 0 Å². The smallest absolute Gasteiger partial charge is 0.0659 e. The van der Waals surface area contributed by atoms with E-state index in [1.807, 2.05) is 6.07 Å². The Morgan fingerprint density at radius 2 is 1.88 bits per heavy atom. The zero-order chi connectivity index (χ0) is 12.3. The molecule has 0 unspecified atom stereocenters. The molecule has 0 aliphatic rings. The molecule has 2 aromatic rings. The molecule has 0 aliphatic heterocycles. The Kier molecular flexibility index (Phi) is 3.62. The molecular weight excluding hydrogens is 208 g/mol. The second kappa shape index (κ2) is 5.17. The normalized spacial score (nSPS) is 11.1. The van der Waals surface area contributed by atoms with E-state index < -0.39 is 0 Å². The Balaban J connectivity index is 2.23. The third-order valence-electron chi connectivity index (χ3n) is 3.01. The van der Waals surface area contributed by atoms with Gasteiger partial charge in [-0.1, -0.05) is 51.1 Å². The molecule has 0 amide bonds. The number of rotatable bonds is 4. The Bertz CT molecular complexity index is 469. The van der Waals surface area contributed by atoms with Crippen molar-refractivity contribution in [2.75, 3.05) is 0 Å². The van der Waals surface area contributed by atoms with Gasteiger partial charge in [-0.15, -0.1) is 0 Å². The number of nitrogens with zero attached hydrogens (tertiary/aromatic N) is 2. The van der Waals surface area contributed by atoms with Crippen molar-refractivity contribution in [3.8, 4) is 0 Å². The second-order valence-electron chi connectivity index (χ2n) is 4.72. The van der Waals surface area contributed by atoms with Gasteiger partial charge in [0.25, 0.3) is 0 Å². The van der Waals surface area contributed by atoms with Gasteiger partial charge in [-0.2, -0.15) is 5.10 Å². The summed E-state index contributed by atoms with van der Waals surface area (Å²) < 4.78 is 2.06. The Labute approximate surface area is 103 Å². The predicted octanol–water partition coefficient (Wildman–Crippen LogP) is 3.62. The highest BCUT2D eigenvalue weighted by atomic mass is 15.3. The van der Waals surface area contributed by atoms with Crippen LogP contribution in [0.1, 0.15) is 43.5 Å². The Hall–Kier alpha value is -1.57. The van der Waals surface area contributed by atoms with E-state index in [9.17, 15) is 0 Å². The molecule has 0 radical (unpaired) electrons. The summed E-state index contributed by atoms with van der Waals surface area (Å²) in [5.41, 5.74) is 3.91. The van der Waals surface area contributed by atoms with Gasteiger partial charge in [0.05, 0.1) is 12.2 Å². The lowest BCUT2D eigenvalue weighted by molar-refractivity contribution is 0.673. The molecule has 17 heavy (non-hydrogen) atoms. The number of hydrogen-bond acceptors (Lipinski definition) is 1. The average Bonchev–Trinajstić information content (AvgIpc) is 2.73. The summed E-state index contributed by atoms with van der Waals surface area (Å²) in [6.45, 7) is 7.48. The highest BCUT2D eigenvalue weighted by molar-refractivity contribution is 5.22. The summed E-state index contributed by atoms with van der Waals surface area (Å²) >= 11 is 0. The molecule has 1 aromatic heterocycles. The lowest BCUT2D eigenvalue weighted by Gasteiger charge is -2.02. The van der Waals surface area contributed by atoms with E-state index in [-0.39, 0.29) is 0 Å². The molecule has 0 saturated heterocycles. The standard InChI is InChI=1S/C15H20N2/c1-4-15-14(12(2)3)11-17(16-15)10-13-8-6-5-7-9-13/h5-9,11-12H,4,10H2,1-3H3. The van der Waals surface area contributed by atoms with E-state index in [2.05, 4.69) is 61.0 Å². The summed E-state index contributed by atoms with van der Waals surface area (Å²) in [4.78, 5) is 0. The lowest BCUT2D eigenvalue weighted by Crippen LogP contribution is -2.00. The quantitative estimate of drug-likeness (QED) is 0.781. The summed E-state index contributed by atoms with van der Waals surface area (Å²) in [5.74, 6) is 0.550. The minimum atomic E-state index is 0.550. The molecule has 0 fully saturated rings. The molecule has 0 N–H and O–H groups in total. The first kappa shape index (κ1) is 11.9. The van der Waals surface area contributed by atoms with E-state index in [0.717, 1.165) is 13.0 Å². The van der Waals surface area contributed by atoms with Gasteiger partial charge in [-0.25, -0.2) is 0 Å². The summed E-state index contributed by atoms with van der Waals surface area (Å²) in [6.07, 6.45) is 3.20. The van der Waals surface area contributed by atoms with Crippen molar-refractivity contribution in [2.45, 2.75) is 39.7 Å². The zero-order valence-corrected chi connectivity index (χ0v) is 10.9. The average molecular weight is 228 g/mol. The fourth-order valence-electron chi connectivity index (χ4n) is 2.09. The van der Waals surface area contributed by atoms with Crippen LogP contribution in [0.25, 0.3) is 0 Å². The summed E-state index contributed by atoms with van der Waals surface area (Å²) in [6, 6.07) is 10.5. The van der Waals surface area contributed by atoms with Crippen LogP contribution >= 0.6 is 0 Å². The minimum Gasteiger partial charge on any atom is -0.268 e. The van der Waals surface area contributed by atoms with Crippen LogP contribution < -0.4 is 0 Å². The van der Waals surface area contributed by atoms with E-state index in [1.165, 1.54) is 16.8 Å². The van der Waals surface area contributed by atoms with Crippen LogP contribution in [-0.2, 0) is 13.0 Å². The maximum Gasteiger partial charge on any atom is 0.0659 e. The summed E-state index contributed by atoms with van der Waals surface area (Å²) in [7, 11) is 0. The van der Waals surface area contributed by atoms with Gasteiger partial charge >= 0.3 is 0 Å². The number of aromatic nitrogens is 2. The zero-order valence-electron chi connectivity index (χ0n) is 10.9. The summed E-state index contributed by atoms with van der Waals surface area (Å²) in [5, 5.41) is 4.66. The van der Waals surface area contributed by atoms with Gasteiger partial charge in [0.15, 0.2) is 0 Å². The van der Waals surface area contributed by atoms with E-state index in [4.69, 9.17) is 0 Å². The Morgan fingerprint density at radius 1 is 1.18 bits per heavy atom. The highest BCUT2D eigenvalue weighted by Crippen LogP contribution is 2.19. The molecular formula is C15H20N2. The largest absolute Gasteiger partial charge is 0.268 e. The van der Waals surface area contributed by atoms with Crippen molar-refractivity contribution in [2.24, 2.45) is 0 Å². The van der Waals surface area contributed by atoms with Gasteiger partial charge in [-0.05, 0) is 23.5 Å². The molecule has 90 valence electrons. The molecule has 0 aliphatic carbocycles. The first-order valence-corrected chi connectivity index (χ1v) is 6.30.